The highest BCUT2D eigenvalue weighted by Gasteiger charge is 2.11. The van der Waals surface area contributed by atoms with Gasteiger partial charge in [0.2, 0.25) is 5.91 Å². The Kier molecular flexibility index (Phi) is 8.21. The first kappa shape index (κ1) is 23.8. The van der Waals surface area contributed by atoms with Gasteiger partial charge in [-0.05, 0) is 60.4 Å². The number of aryl methyl sites for hydroxylation is 2. The molecule has 4 aromatic rings. The molecule has 0 aliphatic carbocycles. The van der Waals surface area contributed by atoms with E-state index in [1.807, 2.05) is 42.5 Å². The molecule has 0 bridgehead atoms. The van der Waals surface area contributed by atoms with Crippen molar-refractivity contribution in [1.82, 2.24) is 14.9 Å². The molecule has 1 N–H and O–H groups in total. The summed E-state index contributed by atoms with van der Waals surface area (Å²) < 4.78 is 8.17. The van der Waals surface area contributed by atoms with Gasteiger partial charge in [-0.1, -0.05) is 54.9 Å². The third-order valence-corrected chi connectivity index (χ3v) is 6.06. The van der Waals surface area contributed by atoms with Crippen LogP contribution in [0, 0.1) is 0 Å². The van der Waals surface area contributed by atoms with Gasteiger partial charge in [0.25, 0.3) is 0 Å². The van der Waals surface area contributed by atoms with E-state index in [1.165, 1.54) is 5.56 Å². The van der Waals surface area contributed by atoms with Gasteiger partial charge >= 0.3 is 0 Å². The van der Waals surface area contributed by atoms with E-state index >= 15 is 0 Å². The first-order valence-corrected chi connectivity index (χ1v) is 12.2. The molecule has 5 nitrogen and oxygen atoms in total. The molecular weight excluding hydrogens is 446 g/mol. The molecule has 0 aliphatic rings. The molecule has 3 aromatic carbocycles. The van der Waals surface area contributed by atoms with Gasteiger partial charge in [0, 0.05) is 24.5 Å². The van der Waals surface area contributed by atoms with Crippen molar-refractivity contribution < 1.29 is 9.53 Å². The number of para-hydroxylation sites is 2. The van der Waals surface area contributed by atoms with Crippen molar-refractivity contribution in [1.29, 1.82) is 0 Å². The van der Waals surface area contributed by atoms with Gasteiger partial charge in [-0.15, -0.1) is 0 Å². The van der Waals surface area contributed by atoms with Crippen LogP contribution in [0.4, 0.5) is 0 Å². The first-order chi connectivity index (χ1) is 16.6. The Morgan fingerprint density at radius 3 is 2.50 bits per heavy atom. The second-order valence-corrected chi connectivity index (χ2v) is 8.71. The summed E-state index contributed by atoms with van der Waals surface area (Å²) in [6.45, 7) is 4.13. The van der Waals surface area contributed by atoms with Crippen molar-refractivity contribution in [3.05, 3.63) is 94.8 Å². The summed E-state index contributed by atoms with van der Waals surface area (Å²) in [5.41, 5.74) is 4.33. The zero-order valence-corrected chi connectivity index (χ0v) is 20.2. The van der Waals surface area contributed by atoms with E-state index in [0.717, 1.165) is 47.6 Å². The lowest BCUT2D eigenvalue weighted by atomic mass is 10.1. The molecule has 1 amide bonds. The number of carbonyl (C=O) groups is 1. The standard InChI is InChI=1S/C28H30ClN3O2/c1-2-21-10-14-24(15-11-21)34-19-5-18-32-26-7-4-3-6-25(26)31-27(32)16-17-30-28(33)20-22-8-12-23(29)13-9-22/h3-4,6-15H,2,5,16-20H2,1H3,(H,30,33). The maximum absolute atomic E-state index is 12.3. The van der Waals surface area contributed by atoms with Crippen LogP contribution in [-0.4, -0.2) is 28.6 Å². The number of halogens is 1. The highest BCUT2D eigenvalue weighted by molar-refractivity contribution is 6.30. The number of nitrogens with zero attached hydrogens (tertiary/aromatic N) is 2. The maximum atomic E-state index is 12.3. The van der Waals surface area contributed by atoms with Gasteiger partial charge in [0.15, 0.2) is 0 Å². The predicted molar refractivity (Wildman–Crippen MR) is 138 cm³/mol. The molecule has 0 radical (unpaired) electrons. The van der Waals surface area contributed by atoms with Crippen LogP contribution < -0.4 is 10.1 Å². The number of benzene rings is 3. The Labute approximate surface area is 205 Å². The largest absolute Gasteiger partial charge is 0.494 e. The normalized spacial score (nSPS) is 11.0. The van der Waals surface area contributed by atoms with Crippen molar-refractivity contribution in [2.45, 2.75) is 39.2 Å². The van der Waals surface area contributed by atoms with E-state index in [0.29, 0.717) is 31.0 Å². The lowest BCUT2D eigenvalue weighted by molar-refractivity contribution is -0.120. The Hall–Kier alpha value is -3.31. The number of nitrogens with one attached hydrogen (secondary N) is 1. The monoisotopic (exact) mass is 475 g/mol. The van der Waals surface area contributed by atoms with Crippen LogP contribution in [-0.2, 0) is 30.6 Å². The smallest absolute Gasteiger partial charge is 0.224 e. The van der Waals surface area contributed by atoms with E-state index in [4.69, 9.17) is 21.3 Å². The number of aromatic nitrogens is 2. The van der Waals surface area contributed by atoms with Crippen LogP contribution in [0.25, 0.3) is 11.0 Å². The number of rotatable bonds is 11. The number of imidazole rings is 1. The highest BCUT2D eigenvalue weighted by atomic mass is 35.5. The Bertz CT molecular complexity index is 1220. The van der Waals surface area contributed by atoms with Crippen LogP contribution >= 0.6 is 11.6 Å². The molecule has 0 saturated heterocycles. The van der Waals surface area contributed by atoms with E-state index in [2.05, 4.69) is 35.0 Å². The summed E-state index contributed by atoms with van der Waals surface area (Å²) in [6.07, 6.45) is 2.90. The molecule has 4 rings (SSSR count). The molecule has 6 heteroatoms. The number of fused-ring (bicyclic) bond motifs is 1. The van der Waals surface area contributed by atoms with E-state index in [9.17, 15) is 4.79 Å². The quantitative estimate of drug-likeness (QED) is 0.286. The summed E-state index contributed by atoms with van der Waals surface area (Å²) in [5, 5.41) is 3.68. The fourth-order valence-corrected chi connectivity index (χ4v) is 4.09. The zero-order chi connectivity index (χ0) is 23.8. The molecular formula is C28H30ClN3O2. The fourth-order valence-electron chi connectivity index (χ4n) is 3.96. The van der Waals surface area contributed by atoms with E-state index in [-0.39, 0.29) is 5.91 Å². The van der Waals surface area contributed by atoms with Crippen LogP contribution in [0.15, 0.2) is 72.8 Å². The minimum Gasteiger partial charge on any atom is -0.494 e. The van der Waals surface area contributed by atoms with Crippen molar-refractivity contribution in [2.24, 2.45) is 0 Å². The Morgan fingerprint density at radius 2 is 1.74 bits per heavy atom. The second kappa shape index (κ2) is 11.7. The molecule has 0 saturated carbocycles. The SMILES string of the molecule is CCc1ccc(OCCCn2c(CCNC(=O)Cc3ccc(Cl)cc3)nc3ccccc32)cc1. The van der Waals surface area contributed by atoms with Crippen LogP contribution in [0.5, 0.6) is 5.75 Å². The molecule has 0 unspecified atom stereocenters. The zero-order valence-electron chi connectivity index (χ0n) is 19.5. The minimum atomic E-state index is -0.00697. The molecule has 0 spiro atoms. The maximum Gasteiger partial charge on any atom is 0.224 e. The summed E-state index contributed by atoms with van der Waals surface area (Å²) in [7, 11) is 0. The average molecular weight is 476 g/mol. The summed E-state index contributed by atoms with van der Waals surface area (Å²) in [5.74, 6) is 1.86. The molecule has 34 heavy (non-hydrogen) atoms. The summed E-state index contributed by atoms with van der Waals surface area (Å²) in [6, 6.07) is 23.8. The third kappa shape index (κ3) is 6.39. The molecule has 1 aromatic heterocycles. The van der Waals surface area contributed by atoms with Gasteiger partial charge < -0.3 is 14.6 Å². The van der Waals surface area contributed by atoms with E-state index < -0.39 is 0 Å². The lowest BCUT2D eigenvalue weighted by Crippen LogP contribution is -2.28. The van der Waals surface area contributed by atoms with Crippen LogP contribution in [0.1, 0.15) is 30.3 Å². The highest BCUT2D eigenvalue weighted by Crippen LogP contribution is 2.18. The Morgan fingerprint density at radius 1 is 1.00 bits per heavy atom. The van der Waals surface area contributed by atoms with Crippen molar-refractivity contribution in [3.63, 3.8) is 0 Å². The number of carbonyl (C=O) groups excluding carboxylic acids is 1. The second-order valence-electron chi connectivity index (χ2n) is 8.27. The van der Waals surface area contributed by atoms with Crippen molar-refractivity contribution >= 4 is 28.5 Å². The lowest BCUT2D eigenvalue weighted by Gasteiger charge is -2.11. The first-order valence-electron chi connectivity index (χ1n) is 11.8. The average Bonchev–Trinajstić information content (AvgIpc) is 3.21. The van der Waals surface area contributed by atoms with Gasteiger partial charge in [-0.2, -0.15) is 0 Å². The fraction of sp³-hybridized carbons (Fsp3) is 0.286. The molecule has 1 heterocycles. The number of hydrogen-bond donors (Lipinski definition) is 1. The van der Waals surface area contributed by atoms with Gasteiger partial charge in [0.1, 0.15) is 11.6 Å². The molecule has 176 valence electrons. The van der Waals surface area contributed by atoms with E-state index in [1.54, 1.807) is 12.1 Å². The van der Waals surface area contributed by atoms with Crippen LogP contribution in [0.2, 0.25) is 5.02 Å². The van der Waals surface area contributed by atoms with Gasteiger partial charge in [-0.25, -0.2) is 4.98 Å². The predicted octanol–water partition coefficient (Wildman–Crippen LogP) is 5.62. The number of hydrogen-bond acceptors (Lipinski definition) is 3. The number of ether oxygens (including phenoxy) is 1. The summed E-state index contributed by atoms with van der Waals surface area (Å²) in [4.78, 5) is 17.2. The van der Waals surface area contributed by atoms with Gasteiger partial charge in [-0.3, -0.25) is 4.79 Å². The van der Waals surface area contributed by atoms with Crippen LogP contribution in [0.3, 0.4) is 0 Å². The molecule has 0 aliphatic heterocycles. The third-order valence-electron chi connectivity index (χ3n) is 5.81. The van der Waals surface area contributed by atoms with Crippen molar-refractivity contribution in [2.75, 3.05) is 13.2 Å². The number of amides is 1. The molecule has 0 atom stereocenters. The Balaban J connectivity index is 1.32. The van der Waals surface area contributed by atoms with Crippen molar-refractivity contribution in [3.8, 4) is 5.75 Å². The topological polar surface area (TPSA) is 56.1 Å². The molecule has 0 fully saturated rings. The van der Waals surface area contributed by atoms with Gasteiger partial charge in [0.05, 0.1) is 24.1 Å². The minimum absolute atomic E-state index is 0.00697. The summed E-state index contributed by atoms with van der Waals surface area (Å²) >= 11 is 5.92.